The van der Waals surface area contributed by atoms with Crippen molar-refractivity contribution in [1.82, 2.24) is 10.2 Å². The van der Waals surface area contributed by atoms with E-state index in [1.807, 2.05) is 6.92 Å². The summed E-state index contributed by atoms with van der Waals surface area (Å²) >= 11 is 0. The molecule has 2 atom stereocenters. The van der Waals surface area contributed by atoms with Crippen LogP contribution in [0.2, 0.25) is 0 Å². The zero-order valence-electron chi connectivity index (χ0n) is 10.2. The Morgan fingerprint density at radius 1 is 1.47 bits per heavy atom. The number of carbonyl (C=O) groups is 2. The van der Waals surface area contributed by atoms with Crippen molar-refractivity contribution in [3.05, 3.63) is 0 Å². The lowest BCUT2D eigenvalue weighted by molar-refractivity contribution is -0.142. The third kappa shape index (κ3) is 3.66. The molecule has 0 bridgehead atoms. The van der Waals surface area contributed by atoms with Crippen LogP contribution in [0.3, 0.4) is 0 Å². The lowest BCUT2D eigenvalue weighted by Crippen LogP contribution is -2.39. The second-order valence-electron chi connectivity index (χ2n) is 4.24. The molecule has 94 valence electrons. The van der Waals surface area contributed by atoms with Gasteiger partial charge in [0.05, 0.1) is 5.92 Å². The van der Waals surface area contributed by atoms with E-state index in [0.29, 0.717) is 26.1 Å². The number of rotatable bonds is 3. The van der Waals surface area contributed by atoms with Crippen LogP contribution in [0, 0.1) is 23.7 Å². The first-order chi connectivity index (χ1) is 8.06. The summed E-state index contributed by atoms with van der Waals surface area (Å²) in [4.78, 5) is 24.2. The first-order valence-electron chi connectivity index (χ1n) is 5.71. The van der Waals surface area contributed by atoms with E-state index in [1.54, 1.807) is 11.8 Å². The van der Waals surface area contributed by atoms with E-state index in [4.69, 9.17) is 5.11 Å². The molecule has 0 aliphatic carbocycles. The summed E-state index contributed by atoms with van der Waals surface area (Å²) in [6.45, 7) is 4.91. The van der Waals surface area contributed by atoms with Gasteiger partial charge in [-0.3, -0.25) is 4.79 Å². The minimum atomic E-state index is -0.829. The molecule has 2 amide bonds. The number of likely N-dealkylation sites (tertiary alicyclic amines) is 1. The summed E-state index contributed by atoms with van der Waals surface area (Å²) in [5, 5.41) is 11.7. The van der Waals surface area contributed by atoms with Crippen LogP contribution in [0.5, 0.6) is 0 Å². The Hall–Kier alpha value is -1.70. The fraction of sp³-hybridized carbons (Fsp3) is 0.667. The Balaban J connectivity index is 2.38. The monoisotopic (exact) mass is 238 g/mol. The fourth-order valence-electron chi connectivity index (χ4n) is 1.92. The Labute approximate surface area is 101 Å². The molecule has 1 heterocycles. The van der Waals surface area contributed by atoms with Gasteiger partial charge >= 0.3 is 12.0 Å². The Morgan fingerprint density at radius 2 is 2.18 bits per heavy atom. The Kier molecular flexibility index (Phi) is 4.83. The third-order valence-corrected chi connectivity index (χ3v) is 2.92. The smallest absolute Gasteiger partial charge is 0.317 e. The molecule has 1 rings (SSSR count). The Morgan fingerprint density at radius 3 is 2.71 bits per heavy atom. The number of nitrogens with one attached hydrogen (secondary N) is 1. The van der Waals surface area contributed by atoms with E-state index in [-0.39, 0.29) is 11.9 Å². The summed E-state index contributed by atoms with van der Waals surface area (Å²) in [5.41, 5.74) is 0. The van der Waals surface area contributed by atoms with E-state index in [1.165, 1.54) is 0 Å². The number of hydrogen-bond donors (Lipinski definition) is 2. The molecule has 1 saturated heterocycles. The van der Waals surface area contributed by atoms with Crippen LogP contribution in [0.15, 0.2) is 0 Å². The highest BCUT2D eigenvalue weighted by atomic mass is 16.4. The topological polar surface area (TPSA) is 69.6 Å². The number of urea groups is 1. The lowest BCUT2D eigenvalue weighted by atomic mass is 9.99. The number of carboxylic acids is 1. The first-order valence-corrected chi connectivity index (χ1v) is 5.71. The van der Waals surface area contributed by atoms with Crippen molar-refractivity contribution in [2.75, 3.05) is 19.6 Å². The van der Waals surface area contributed by atoms with Crippen molar-refractivity contribution in [3.63, 3.8) is 0 Å². The van der Waals surface area contributed by atoms with E-state index in [0.717, 1.165) is 0 Å². The van der Waals surface area contributed by atoms with Gasteiger partial charge in [-0.1, -0.05) is 6.92 Å². The second kappa shape index (κ2) is 6.14. The average molecular weight is 238 g/mol. The molecule has 5 heteroatoms. The van der Waals surface area contributed by atoms with E-state index >= 15 is 0 Å². The van der Waals surface area contributed by atoms with Crippen molar-refractivity contribution < 1.29 is 14.7 Å². The van der Waals surface area contributed by atoms with Gasteiger partial charge in [0, 0.05) is 26.1 Å². The normalized spacial score (nSPS) is 22.8. The maximum Gasteiger partial charge on any atom is 0.317 e. The van der Waals surface area contributed by atoms with Gasteiger partial charge in [-0.15, -0.1) is 11.8 Å². The van der Waals surface area contributed by atoms with Crippen molar-refractivity contribution in [2.24, 2.45) is 11.8 Å². The highest BCUT2D eigenvalue weighted by molar-refractivity contribution is 5.77. The minimum absolute atomic E-state index is 0.00804. The number of aliphatic carboxylic acids is 1. The van der Waals surface area contributed by atoms with Crippen LogP contribution < -0.4 is 5.32 Å². The molecule has 17 heavy (non-hydrogen) atoms. The van der Waals surface area contributed by atoms with Crippen LogP contribution in [-0.2, 0) is 4.79 Å². The van der Waals surface area contributed by atoms with E-state index in [9.17, 15) is 9.59 Å². The predicted octanol–water partition coefficient (Wildman–Crippen LogP) is 0.762. The molecule has 0 aromatic carbocycles. The molecule has 0 radical (unpaired) electrons. The molecule has 0 spiro atoms. The van der Waals surface area contributed by atoms with Gasteiger partial charge in [0.2, 0.25) is 0 Å². The van der Waals surface area contributed by atoms with Crippen molar-refractivity contribution >= 4 is 12.0 Å². The molecule has 0 aromatic rings. The quantitative estimate of drug-likeness (QED) is 0.563. The summed E-state index contributed by atoms with van der Waals surface area (Å²) in [7, 11) is 0. The molecule has 2 unspecified atom stereocenters. The van der Waals surface area contributed by atoms with Crippen molar-refractivity contribution in [3.8, 4) is 11.8 Å². The van der Waals surface area contributed by atoms with Gasteiger partial charge in [-0.05, 0) is 12.8 Å². The number of carboxylic acid groups (broad SMARTS) is 1. The van der Waals surface area contributed by atoms with Crippen molar-refractivity contribution in [1.29, 1.82) is 0 Å². The van der Waals surface area contributed by atoms with Crippen molar-refractivity contribution in [2.45, 2.75) is 20.3 Å². The zero-order chi connectivity index (χ0) is 12.8. The van der Waals surface area contributed by atoms with Crippen LogP contribution in [0.25, 0.3) is 0 Å². The molecular formula is C12H18N2O3. The molecule has 0 aromatic heterocycles. The largest absolute Gasteiger partial charge is 0.481 e. The fourth-order valence-corrected chi connectivity index (χ4v) is 1.92. The first kappa shape index (κ1) is 13.4. The third-order valence-electron chi connectivity index (χ3n) is 2.92. The maximum atomic E-state index is 11.7. The zero-order valence-corrected chi connectivity index (χ0v) is 10.2. The van der Waals surface area contributed by atoms with Gasteiger partial charge in [0.25, 0.3) is 0 Å². The summed E-state index contributed by atoms with van der Waals surface area (Å²) in [6, 6.07) is -0.196. The standard InChI is InChI=1S/C12H18N2O3/c1-3-4-5-6-13-12(17)14-7-9(2)10(8-14)11(15)16/h9-10H,5-8H2,1-2H3,(H,13,17)(H,15,16). The maximum absolute atomic E-state index is 11.7. The van der Waals surface area contributed by atoms with Gasteiger partial charge in [0.1, 0.15) is 0 Å². The van der Waals surface area contributed by atoms with Crippen LogP contribution in [-0.4, -0.2) is 41.6 Å². The predicted molar refractivity (Wildman–Crippen MR) is 63.3 cm³/mol. The number of hydrogen-bond acceptors (Lipinski definition) is 2. The van der Waals surface area contributed by atoms with Crippen LogP contribution in [0.4, 0.5) is 4.79 Å². The average Bonchev–Trinajstić information content (AvgIpc) is 2.66. The summed E-state index contributed by atoms with van der Waals surface area (Å²) in [6.07, 6.45) is 0.619. The SMILES string of the molecule is CC#CCCNC(=O)N1CC(C)C(C(=O)O)C1. The number of nitrogens with zero attached hydrogens (tertiary/aromatic N) is 1. The molecule has 5 nitrogen and oxygen atoms in total. The lowest BCUT2D eigenvalue weighted by Gasteiger charge is -2.16. The van der Waals surface area contributed by atoms with E-state index < -0.39 is 11.9 Å². The molecule has 1 aliphatic heterocycles. The second-order valence-corrected chi connectivity index (χ2v) is 4.24. The van der Waals surface area contributed by atoms with Gasteiger partial charge in [-0.25, -0.2) is 4.79 Å². The summed E-state index contributed by atoms with van der Waals surface area (Å²) in [5.74, 6) is 4.33. The van der Waals surface area contributed by atoms with E-state index in [2.05, 4.69) is 17.2 Å². The highest BCUT2D eigenvalue weighted by Gasteiger charge is 2.36. The van der Waals surface area contributed by atoms with Crippen LogP contribution >= 0.6 is 0 Å². The van der Waals surface area contributed by atoms with Gasteiger partial charge in [-0.2, -0.15) is 0 Å². The molecule has 2 N–H and O–H groups in total. The Bertz CT molecular complexity index is 356. The molecule has 1 aliphatic rings. The highest BCUT2D eigenvalue weighted by Crippen LogP contribution is 2.22. The minimum Gasteiger partial charge on any atom is -0.481 e. The molecular weight excluding hydrogens is 220 g/mol. The van der Waals surface area contributed by atoms with Crippen LogP contribution in [0.1, 0.15) is 20.3 Å². The summed E-state index contributed by atoms with van der Waals surface area (Å²) < 4.78 is 0. The number of amides is 2. The molecule has 0 saturated carbocycles. The molecule has 1 fully saturated rings. The van der Waals surface area contributed by atoms with Gasteiger partial charge < -0.3 is 15.3 Å². The van der Waals surface area contributed by atoms with Gasteiger partial charge in [0.15, 0.2) is 0 Å². The number of carbonyl (C=O) groups excluding carboxylic acids is 1.